The Balaban J connectivity index is 1.83. The second kappa shape index (κ2) is 14.3. The molecule has 2 amide bonds. The first-order valence-electron chi connectivity index (χ1n) is 13.0. The first-order valence-corrected chi connectivity index (χ1v) is 14.8. The lowest BCUT2D eigenvalue weighted by Crippen LogP contribution is -2.51. The summed E-state index contributed by atoms with van der Waals surface area (Å²) in [4.78, 5) is 28.9. The number of carbonyl (C=O) groups excluding carboxylic acids is 2. The summed E-state index contributed by atoms with van der Waals surface area (Å²) in [6.07, 6.45) is 0.696. The Bertz CT molecular complexity index is 1330. The number of amides is 2. The van der Waals surface area contributed by atoms with Gasteiger partial charge in [-0.2, -0.15) is 0 Å². The molecule has 0 fully saturated rings. The molecule has 39 heavy (non-hydrogen) atoms. The average Bonchev–Trinajstić information content (AvgIpc) is 2.92. The molecule has 0 aromatic heterocycles. The molecule has 1 N–H and O–H groups in total. The molecular formula is C30H36ClN3O4S. The molecular weight excluding hydrogens is 534 g/mol. The van der Waals surface area contributed by atoms with E-state index in [4.69, 9.17) is 11.6 Å². The fourth-order valence-corrected chi connectivity index (χ4v) is 5.66. The lowest BCUT2D eigenvalue weighted by molar-refractivity contribution is -0.141. The van der Waals surface area contributed by atoms with Gasteiger partial charge < -0.3 is 10.2 Å². The van der Waals surface area contributed by atoms with Gasteiger partial charge in [0.05, 0.1) is 4.90 Å². The summed E-state index contributed by atoms with van der Waals surface area (Å²) >= 11 is 6.44. The van der Waals surface area contributed by atoms with Crippen LogP contribution in [0.3, 0.4) is 0 Å². The van der Waals surface area contributed by atoms with Gasteiger partial charge in [0, 0.05) is 44.0 Å². The van der Waals surface area contributed by atoms with E-state index in [9.17, 15) is 18.0 Å². The maximum Gasteiger partial charge on any atom is 0.243 e. The van der Waals surface area contributed by atoms with Crippen LogP contribution in [0.5, 0.6) is 0 Å². The number of hydrogen-bond donors (Lipinski definition) is 1. The molecule has 208 valence electrons. The van der Waals surface area contributed by atoms with Crippen molar-refractivity contribution in [3.8, 4) is 0 Å². The van der Waals surface area contributed by atoms with E-state index in [2.05, 4.69) is 5.32 Å². The van der Waals surface area contributed by atoms with Crippen LogP contribution in [0.25, 0.3) is 0 Å². The number of carbonyl (C=O) groups is 2. The summed E-state index contributed by atoms with van der Waals surface area (Å²) in [5.41, 5.74) is 1.65. The van der Waals surface area contributed by atoms with Crippen molar-refractivity contribution >= 4 is 33.4 Å². The Morgan fingerprint density at radius 3 is 2.10 bits per heavy atom. The average molecular weight is 570 g/mol. The molecule has 1 atom stereocenters. The van der Waals surface area contributed by atoms with Gasteiger partial charge in [-0.15, -0.1) is 0 Å². The highest BCUT2D eigenvalue weighted by atomic mass is 35.5. The molecule has 0 heterocycles. The Morgan fingerprint density at radius 2 is 1.49 bits per heavy atom. The first-order chi connectivity index (χ1) is 18.6. The van der Waals surface area contributed by atoms with Crippen LogP contribution >= 0.6 is 11.6 Å². The van der Waals surface area contributed by atoms with E-state index in [-0.39, 0.29) is 42.3 Å². The van der Waals surface area contributed by atoms with Crippen LogP contribution in [0, 0.1) is 0 Å². The standard InChI is InChI=1S/C30H36ClN3O4S/c1-23(2)32-30(36)28(21-24-13-6-4-7-14-24)34(22-25-15-10-11-18-27(25)31)29(35)19-12-20-33(3)39(37,38)26-16-8-5-9-17-26/h4-11,13-18,23,28H,12,19-22H2,1-3H3,(H,32,36). The summed E-state index contributed by atoms with van der Waals surface area (Å²) in [5.74, 6) is -0.502. The lowest BCUT2D eigenvalue weighted by Gasteiger charge is -2.32. The third kappa shape index (κ3) is 8.65. The van der Waals surface area contributed by atoms with Gasteiger partial charge in [0.2, 0.25) is 21.8 Å². The Morgan fingerprint density at radius 1 is 0.897 bits per heavy atom. The number of halogens is 1. The molecule has 3 aromatic rings. The molecule has 1 unspecified atom stereocenters. The van der Waals surface area contributed by atoms with Crippen molar-refractivity contribution in [3.05, 3.63) is 101 Å². The third-order valence-corrected chi connectivity index (χ3v) is 8.56. The minimum Gasteiger partial charge on any atom is -0.352 e. The minimum absolute atomic E-state index is 0.0688. The van der Waals surface area contributed by atoms with Crippen LogP contribution in [0.15, 0.2) is 89.8 Å². The van der Waals surface area contributed by atoms with Gasteiger partial charge in [-0.25, -0.2) is 12.7 Å². The fourth-order valence-electron chi connectivity index (χ4n) is 4.23. The zero-order chi connectivity index (χ0) is 28.4. The summed E-state index contributed by atoms with van der Waals surface area (Å²) in [5, 5.41) is 3.46. The molecule has 0 bridgehead atoms. The molecule has 7 nitrogen and oxygen atoms in total. The molecule has 0 saturated carbocycles. The van der Waals surface area contributed by atoms with E-state index in [1.807, 2.05) is 62.4 Å². The van der Waals surface area contributed by atoms with Crippen LogP contribution in [0.2, 0.25) is 5.02 Å². The minimum atomic E-state index is -3.67. The van der Waals surface area contributed by atoms with Crippen molar-refractivity contribution in [2.45, 2.75) is 56.6 Å². The van der Waals surface area contributed by atoms with Crippen LogP contribution in [-0.2, 0) is 32.6 Å². The molecule has 0 aliphatic carbocycles. The Hall–Kier alpha value is -3.20. The fraction of sp³-hybridized carbons (Fsp3) is 0.333. The highest BCUT2D eigenvalue weighted by Gasteiger charge is 2.31. The van der Waals surface area contributed by atoms with E-state index < -0.39 is 16.1 Å². The van der Waals surface area contributed by atoms with Gasteiger partial charge in [0.25, 0.3) is 0 Å². The first kappa shape index (κ1) is 30.3. The van der Waals surface area contributed by atoms with Gasteiger partial charge in [-0.3, -0.25) is 9.59 Å². The van der Waals surface area contributed by atoms with Crippen molar-refractivity contribution in [3.63, 3.8) is 0 Å². The van der Waals surface area contributed by atoms with Crippen LogP contribution in [-0.4, -0.2) is 55.1 Å². The van der Waals surface area contributed by atoms with Gasteiger partial charge in [0.1, 0.15) is 6.04 Å². The number of benzene rings is 3. The highest BCUT2D eigenvalue weighted by Crippen LogP contribution is 2.22. The maximum atomic E-state index is 13.7. The van der Waals surface area contributed by atoms with E-state index in [1.165, 1.54) is 11.4 Å². The predicted octanol–water partition coefficient (Wildman–Crippen LogP) is 4.91. The number of hydrogen-bond acceptors (Lipinski definition) is 4. The summed E-state index contributed by atoms with van der Waals surface area (Å²) in [6, 6.07) is 24.1. The number of nitrogens with zero attached hydrogens (tertiary/aromatic N) is 2. The molecule has 0 radical (unpaired) electrons. The quantitative estimate of drug-likeness (QED) is 0.317. The van der Waals surface area contributed by atoms with Gasteiger partial charge in [-0.1, -0.05) is 78.3 Å². The highest BCUT2D eigenvalue weighted by molar-refractivity contribution is 7.89. The van der Waals surface area contributed by atoms with Crippen LogP contribution < -0.4 is 5.32 Å². The summed E-state index contributed by atoms with van der Waals surface area (Å²) in [6.45, 7) is 4.06. The van der Waals surface area contributed by atoms with E-state index in [1.54, 1.807) is 41.3 Å². The predicted molar refractivity (Wildman–Crippen MR) is 155 cm³/mol. The number of nitrogens with one attached hydrogen (secondary N) is 1. The van der Waals surface area contributed by atoms with E-state index >= 15 is 0 Å². The largest absolute Gasteiger partial charge is 0.352 e. The van der Waals surface area contributed by atoms with Gasteiger partial charge in [0.15, 0.2) is 0 Å². The molecule has 0 spiro atoms. The topological polar surface area (TPSA) is 86.8 Å². The zero-order valence-corrected chi connectivity index (χ0v) is 24.2. The molecule has 3 rings (SSSR count). The van der Waals surface area contributed by atoms with E-state index in [0.717, 1.165) is 11.1 Å². The SMILES string of the molecule is CC(C)NC(=O)C(Cc1ccccc1)N(Cc1ccccc1Cl)C(=O)CCCN(C)S(=O)(=O)c1ccccc1. The Kier molecular flexibility index (Phi) is 11.1. The van der Waals surface area contributed by atoms with Crippen molar-refractivity contribution in [2.75, 3.05) is 13.6 Å². The van der Waals surface area contributed by atoms with Crippen molar-refractivity contribution in [1.29, 1.82) is 0 Å². The molecule has 0 aliphatic heterocycles. The number of sulfonamides is 1. The summed E-state index contributed by atoms with van der Waals surface area (Å²) in [7, 11) is -2.17. The molecule has 0 aliphatic rings. The second-order valence-corrected chi connectivity index (χ2v) is 12.2. The zero-order valence-electron chi connectivity index (χ0n) is 22.6. The van der Waals surface area contributed by atoms with Crippen LogP contribution in [0.1, 0.15) is 37.8 Å². The van der Waals surface area contributed by atoms with E-state index in [0.29, 0.717) is 17.9 Å². The van der Waals surface area contributed by atoms with Crippen LogP contribution in [0.4, 0.5) is 0 Å². The van der Waals surface area contributed by atoms with Crippen molar-refractivity contribution in [2.24, 2.45) is 0 Å². The van der Waals surface area contributed by atoms with Gasteiger partial charge >= 0.3 is 0 Å². The van der Waals surface area contributed by atoms with Crippen molar-refractivity contribution in [1.82, 2.24) is 14.5 Å². The smallest absolute Gasteiger partial charge is 0.243 e. The number of rotatable bonds is 13. The normalized spacial score (nSPS) is 12.4. The summed E-state index contributed by atoms with van der Waals surface area (Å²) < 4.78 is 27.0. The molecule has 0 saturated heterocycles. The second-order valence-electron chi connectivity index (χ2n) is 9.73. The van der Waals surface area contributed by atoms with Crippen molar-refractivity contribution < 1.29 is 18.0 Å². The maximum absolute atomic E-state index is 13.7. The van der Waals surface area contributed by atoms with Gasteiger partial charge in [-0.05, 0) is 49.6 Å². The molecule has 9 heteroatoms. The Labute approximate surface area is 236 Å². The lowest BCUT2D eigenvalue weighted by atomic mass is 10.0. The molecule has 3 aromatic carbocycles. The monoisotopic (exact) mass is 569 g/mol. The third-order valence-electron chi connectivity index (χ3n) is 6.32.